The molecule has 1 aliphatic heterocycles. The molecule has 1 aliphatic carbocycles. The second-order valence-electron chi connectivity index (χ2n) is 11.2. The van der Waals surface area contributed by atoms with Crippen LogP contribution in [0, 0.1) is 20.8 Å². The summed E-state index contributed by atoms with van der Waals surface area (Å²) in [6.07, 6.45) is 0. The Morgan fingerprint density at radius 2 is 1.33 bits per heavy atom. The molecule has 206 valence electrons. The van der Waals surface area contributed by atoms with Crippen LogP contribution in [0.15, 0.2) is 96.3 Å². The van der Waals surface area contributed by atoms with Gasteiger partial charge in [0.15, 0.2) is 5.71 Å². The molecule has 2 aliphatic rings. The minimum absolute atomic E-state index is 0.0296. The van der Waals surface area contributed by atoms with Gasteiger partial charge in [0.05, 0.1) is 27.8 Å². The van der Waals surface area contributed by atoms with Gasteiger partial charge in [-0.2, -0.15) is 4.58 Å². The number of Topliss-reactive ketones (excluding diaryl/α,β-unsaturated/α-hetero) is 1. The van der Waals surface area contributed by atoms with Gasteiger partial charge < -0.3 is 21.1 Å². The lowest BCUT2D eigenvalue weighted by Crippen LogP contribution is -2.24. The number of aromatic nitrogens is 1. The fourth-order valence-electron chi connectivity index (χ4n) is 6.47. The smallest absolute Gasteiger partial charge is 0.219 e. The van der Waals surface area contributed by atoms with Gasteiger partial charge in [-0.3, -0.25) is 4.79 Å². The van der Waals surface area contributed by atoms with Crippen molar-refractivity contribution in [2.45, 2.75) is 27.7 Å². The van der Waals surface area contributed by atoms with Crippen molar-refractivity contribution in [3.8, 4) is 5.69 Å². The summed E-state index contributed by atoms with van der Waals surface area (Å²) in [6.45, 7) is 8.05. The first kappa shape index (κ1) is 25.6. The van der Waals surface area contributed by atoms with E-state index in [1.165, 1.54) is 0 Å². The molecule has 7 rings (SSSR count). The Labute approximate surface area is 244 Å². The number of carbonyl (C=O) groups excluding carboxylic acids is 1. The van der Waals surface area contributed by atoms with Crippen LogP contribution in [0.25, 0.3) is 27.7 Å². The van der Waals surface area contributed by atoms with Crippen LogP contribution < -0.4 is 16.0 Å². The Balaban J connectivity index is 1.48. The molecule has 0 amide bonds. The third-order valence-electron chi connectivity index (χ3n) is 8.45. The minimum atomic E-state index is -0.158. The Hall–Kier alpha value is -5.36. The van der Waals surface area contributed by atoms with Crippen molar-refractivity contribution in [1.29, 1.82) is 0 Å². The van der Waals surface area contributed by atoms with E-state index in [1.54, 1.807) is 0 Å². The van der Waals surface area contributed by atoms with Crippen LogP contribution in [-0.4, -0.2) is 21.2 Å². The highest BCUT2D eigenvalue weighted by atomic mass is 16.3. The van der Waals surface area contributed by atoms with Gasteiger partial charge in [-0.05, 0) is 75.4 Å². The number of aryl methyl sites for hydroxylation is 2. The van der Waals surface area contributed by atoms with E-state index in [4.69, 9.17) is 11.5 Å². The van der Waals surface area contributed by atoms with Crippen molar-refractivity contribution in [2.24, 2.45) is 0 Å². The number of anilines is 2. The first-order valence-corrected chi connectivity index (χ1v) is 14.0. The van der Waals surface area contributed by atoms with Gasteiger partial charge in [0.2, 0.25) is 17.2 Å². The van der Waals surface area contributed by atoms with Crippen LogP contribution in [0.4, 0.5) is 22.7 Å². The molecular formula is C36H31N4O2+. The summed E-state index contributed by atoms with van der Waals surface area (Å²) in [5.74, 6) is -0.128. The van der Waals surface area contributed by atoms with E-state index in [-0.39, 0.29) is 11.5 Å². The van der Waals surface area contributed by atoms with Crippen LogP contribution in [0.1, 0.15) is 34.9 Å². The molecule has 1 aromatic heterocycles. The molecule has 5 N–H and O–H groups in total. The molecule has 6 nitrogen and oxygen atoms in total. The van der Waals surface area contributed by atoms with Crippen molar-refractivity contribution < 1.29 is 9.90 Å². The maximum Gasteiger partial charge on any atom is 0.219 e. The van der Waals surface area contributed by atoms with Crippen LogP contribution in [0.2, 0.25) is 0 Å². The zero-order valence-electron chi connectivity index (χ0n) is 24.0. The molecule has 2 heterocycles. The number of ketones is 1. The first-order chi connectivity index (χ1) is 20.2. The summed E-state index contributed by atoms with van der Waals surface area (Å²) in [5, 5.41) is 12.7. The topological polar surface area (TPSA) is 97.3 Å². The van der Waals surface area contributed by atoms with Crippen LogP contribution in [0.5, 0.6) is 0 Å². The van der Waals surface area contributed by atoms with Gasteiger partial charge >= 0.3 is 0 Å². The van der Waals surface area contributed by atoms with Gasteiger partial charge in [0.25, 0.3) is 0 Å². The zero-order chi connectivity index (χ0) is 29.4. The molecule has 0 atom stereocenters. The van der Waals surface area contributed by atoms with Crippen LogP contribution in [0.3, 0.4) is 0 Å². The lowest BCUT2D eigenvalue weighted by atomic mass is 9.78. The quantitative estimate of drug-likeness (QED) is 0.124. The SMILES string of the molecule is CC1=[N+](c2ccc(N)cc2)c2ccc(C)cc2/C1=C1/C(=O)C(c2c(C)n(-c3ccc(N)cc3)c3ccc(C)cc23)=C1O. The zero-order valence-corrected chi connectivity index (χ0v) is 24.0. The van der Waals surface area contributed by atoms with E-state index < -0.39 is 0 Å². The van der Waals surface area contributed by atoms with Crippen LogP contribution >= 0.6 is 0 Å². The summed E-state index contributed by atoms with van der Waals surface area (Å²) in [4.78, 5) is 14.2. The molecule has 42 heavy (non-hydrogen) atoms. The predicted molar refractivity (Wildman–Crippen MR) is 173 cm³/mol. The molecular weight excluding hydrogens is 520 g/mol. The Kier molecular flexibility index (Phi) is 5.53. The second kappa shape index (κ2) is 9.08. The highest BCUT2D eigenvalue weighted by molar-refractivity contribution is 6.48. The molecule has 0 fully saturated rings. The highest BCUT2D eigenvalue weighted by Gasteiger charge is 2.45. The van der Waals surface area contributed by atoms with Crippen molar-refractivity contribution in [1.82, 2.24) is 9.14 Å². The van der Waals surface area contributed by atoms with E-state index in [9.17, 15) is 9.90 Å². The molecule has 0 unspecified atom stereocenters. The normalized spacial score (nSPS) is 16.4. The fourth-order valence-corrected chi connectivity index (χ4v) is 6.47. The van der Waals surface area contributed by atoms with Gasteiger partial charge in [-0.25, -0.2) is 0 Å². The third-order valence-corrected chi connectivity index (χ3v) is 8.45. The number of benzene rings is 4. The van der Waals surface area contributed by atoms with E-state index >= 15 is 0 Å². The number of nitrogens with zero attached hydrogens (tertiary/aromatic N) is 2. The summed E-state index contributed by atoms with van der Waals surface area (Å²) in [5.41, 5.74) is 24.2. The standard InChI is InChI=1S/C36H30N4O2/c1-19-5-15-29-27(17-19)31(21(3)39(29)25-11-7-23(37)8-12-25)33-35(41)34(36(33)42)32-22(4)40(26-13-9-24(38)10-14-26)30-16-6-20(2)18-28(30)32/h5-18H,1-4H3,(H4-,37,38,41,42)/p+1. The number of rotatable bonds is 3. The van der Waals surface area contributed by atoms with Crippen molar-refractivity contribution in [2.75, 3.05) is 11.5 Å². The molecule has 4 aromatic carbocycles. The number of allylic oxidation sites excluding steroid dienone is 3. The fraction of sp³-hybridized carbons (Fsp3) is 0.111. The van der Waals surface area contributed by atoms with Gasteiger partial charge in [0, 0.05) is 58.8 Å². The second-order valence-corrected chi connectivity index (χ2v) is 11.2. The lowest BCUT2D eigenvalue weighted by Gasteiger charge is -2.23. The molecule has 0 radical (unpaired) electrons. The van der Waals surface area contributed by atoms with Gasteiger partial charge in [-0.1, -0.05) is 23.3 Å². The molecule has 0 saturated heterocycles. The molecule has 0 bridgehead atoms. The van der Waals surface area contributed by atoms with Crippen LogP contribution in [-0.2, 0) is 4.79 Å². The average Bonchev–Trinajstić information content (AvgIpc) is 3.39. The largest absolute Gasteiger partial charge is 0.506 e. The monoisotopic (exact) mass is 551 g/mol. The van der Waals surface area contributed by atoms with E-state index in [2.05, 4.69) is 45.5 Å². The number of hydrogen-bond acceptors (Lipinski definition) is 4. The number of hydrogen-bond donors (Lipinski definition) is 3. The Morgan fingerprint density at radius 1 is 0.714 bits per heavy atom. The Morgan fingerprint density at radius 3 is 2.00 bits per heavy atom. The molecule has 0 saturated carbocycles. The Bertz CT molecular complexity index is 2090. The van der Waals surface area contributed by atoms with Gasteiger partial charge in [-0.15, -0.1) is 0 Å². The summed E-state index contributed by atoms with van der Waals surface area (Å²) < 4.78 is 4.24. The van der Waals surface area contributed by atoms with Gasteiger partial charge in [0.1, 0.15) is 5.76 Å². The summed E-state index contributed by atoms with van der Waals surface area (Å²) in [7, 11) is 0. The van der Waals surface area contributed by atoms with Crippen molar-refractivity contribution in [3.63, 3.8) is 0 Å². The number of aliphatic hydroxyl groups excluding tert-OH is 1. The number of fused-ring (bicyclic) bond motifs is 2. The maximum absolute atomic E-state index is 14.2. The maximum atomic E-state index is 14.2. The number of aliphatic hydroxyl groups is 1. The van der Waals surface area contributed by atoms with E-state index in [0.717, 1.165) is 67.2 Å². The summed E-state index contributed by atoms with van der Waals surface area (Å²) >= 11 is 0. The first-order valence-electron chi connectivity index (χ1n) is 14.0. The number of nitrogens with two attached hydrogens (primary N) is 2. The lowest BCUT2D eigenvalue weighted by molar-refractivity contribution is -0.111. The minimum Gasteiger partial charge on any atom is -0.506 e. The predicted octanol–water partition coefficient (Wildman–Crippen LogP) is 7.33. The average molecular weight is 552 g/mol. The van der Waals surface area contributed by atoms with Crippen molar-refractivity contribution >= 4 is 56.3 Å². The molecule has 0 spiro atoms. The highest BCUT2D eigenvalue weighted by Crippen LogP contribution is 2.48. The van der Waals surface area contributed by atoms with E-state index in [0.29, 0.717) is 22.5 Å². The number of carbonyl (C=O) groups is 1. The van der Waals surface area contributed by atoms with E-state index in [1.807, 2.05) is 76.2 Å². The number of nitrogen functional groups attached to an aromatic ring is 2. The summed E-state index contributed by atoms with van der Waals surface area (Å²) in [6, 6.07) is 27.8. The molecule has 5 aromatic rings. The third kappa shape index (κ3) is 3.58. The molecule has 6 heteroatoms. The van der Waals surface area contributed by atoms with Crippen molar-refractivity contribution in [3.05, 3.63) is 124 Å².